The van der Waals surface area contributed by atoms with Crippen LogP contribution in [0.2, 0.25) is 0 Å². The highest BCUT2D eigenvalue weighted by Gasteiger charge is 2.12. The van der Waals surface area contributed by atoms with Crippen LogP contribution in [0.1, 0.15) is 41.0 Å². The molecule has 1 N–H and O–H groups in total. The number of rotatable bonds is 5. The first-order valence-corrected chi connectivity index (χ1v) is 8.70. The molecule has 0 atom stereocenters. The molecule has 134 valence electrons. The standard InChI is InChI=1S/C21H23N3O2/c1-13(2)26-20-8-6-16(11-22-20)12-23-21(25)18-10-17-7-5-14(3)9-19(17)24-15(18)4/h5-11,13H,12H2,1-4H3,(H,23,25). The van der Waals surface area contributed by atoms with E-state index in [1.54, 1.807) is 6.20 Å². The lowest BCUT2D eigenvalue weighted by molar-refractivity contribution is 0.0950. The van der Waals surface area contributed by atoms with Crippen LogP contribution in [0.5, 0.6) is 5.88 Å². The summed E-state index contributed by atoms with van der Waals surface area (Å²) < 4.78 is 5.52. The van der Waals surface area contributed by atoms with E-state index < -0.39 is 0 Å². The van der Waals surface area contributed by atoms with E-state index in [1.807, 2.05) is 64.1 Å². The number of nitrogens with zero attached hydrogens (tertiary/aromatic N) is 2. The third kappa shape index (κ3) is 4.17. The highest BCUT2D eigenvalue weighted by atomic mass is 16.5. The molecule has 0 radical (unpaired) electrons. The van der Waals surface area contributed by atoms with Gasteiger partial charge in [0.05, 0.1) is 22.9 Å². The summed E-state index contributed by atoms with van der Waals surface area (Å²) in [6, 6.07) is 11.6. The normalized spacial score (nSPS) is 11.0. The van der Waals surface area contributed by atoms with Crippen LogP contribution in [0.3, 0.4) is 0 Å². The lowest BCUT2D eigenvalue weighted by atomic mass is 10.1. The van der Waals surface area contributed by atoms with Gasteiger partial charge in [0.1, 0.15) is 0 Å². The van der Waals surface area contributed by atoms with E-state index in [2.05, 4.69) is 15.3 Å². The Morgan fingerprint density at radius 2 is 1.96 bits per heavy atom. The maximum absolute atomic E-state index is 12.6. The van der Waals surface area contributed by atoms with Gasteiger partial charge in [-0.25, -0.2) is 4.98 Å². The molecule has 2 heterocycles. The van der Waals surface area contributed by atoms with E-state index in [-0.39, 0.29) is 12.0 Å². The predicted octanol–water partition coefficient (Wildman–Crippen LogP) is 3.96. The van der Waals surface area contributed by atoms with Crippen molar-refractivity contribution in [2.45, 2.75) is 40.3 Å². The lowest BCUT2D eigenvalue weighted by Gasteiger charge is -2.11. The van der Waals surface area contributed by atoms with Crippen molar-refractivity contribution < 1.29 is 9.53 Å². The molecule has 3 rings (SSSR count). The number of aryl methyl sites for hydroxylation is 2. The minimum absolute atomic E-state index is 0.0835. The molecule has 2 aromatic heterocycles. The van der Waals surface area contributed by atoms with Crippen molar-refractivity contribution in [1.29, 1.82) is 0 Å². The number of amides is 1. The van der Waals surface area contributed by atoms with Gasteiger partial charge in [-0.1, -0.05) is 18.2 Å². The SMILES string of the molecule is Cc1ccc2cc(C(=O)NCc3ccc(OC(C)C)nc3)c(C)nc2c1. The summed E-state index contributed by atoms with van der Waals surface area (Å²) in [7, 11) is 0. The number of ether oxygens (including phenoxy) is 1. The van der Waals surface area contributed by atoms with Gasteiger partial charge >= 0.3 is 0 Å². The number of pyridine rings is 2. The van der Waals surface area contributed by atoms with Crippen molar-refractivity contribution in [1.82, 2.24) is 15.3 Å². The molecule has 0 aliphatic rings. The maximum atomic E-state index is 12.6. The maximum Gasteiger partial charge on any atom is 0.253 e. The summed E-state index contributed by atoms with van der Waals surface area (Å²) in [5, 5.41) is 3.89. The van der Waals surface area contributed by atoms with E-state index in [0.717, 1.165) is 27.7 Å². The van der Waals surface area contributed by atoms with Crippen molar-refractivity contribution in [2.75, 3.05) is 0 Å². The molecule has 0 spiro atoms. The molecule has 5 nitrogen and oxygen atoms in total. The Morgan fingerprint density at radius 1 is 1.15 bits per heavy atom. The zero-order chi connectivity index (χ0) is 18.7. The van der Waals surface area contributed by atoms with Gasteiger partial charge in [-0.2, -0.15) is 0 Å². The monoisotopic (exact) mass is 349 g/mol. The molecule has 0 saturated carbocycles. The zero-order valence-corrected chi connectivity index (χ0v) is 15.5. The average molecular weight is 349 g/mol. The van der Waals surface area contributed by atoms with Gasteiger partial charge < -0.3 is 10.1 Å². The Balaban J connectivity index is 1.71. The van der Waals surface area contributed by atoms with Crippen molar-refractivity contribution in [3.63, 3.8) is 0 Å². The first-order valence-electron chi connectivity index (χ1n) is 8.70. The lowest BCUT2D eigenvalue weighted by Crippen LogP contribution is -2.24. The van der Waals surface area contributed by atoms with Gasteiger partial charge in [0.2, 0.25) is 5.88 Å². The average Bonchev–Trinajstić information content (AvgIpc) is 2.59. The molecule has 0 unspecified atom stereocenters. The van der Waals surface area contributed by atoms with Crippen molar-refractivity contribution >= 4 is 16.8 Å². The summed E-state index contributed by atoms with van der Waals surface area (Å²) in [5.41, 5.74) is 4.29. The fourth-order valence-corrected chi connectivity index (χ4v) is 2.71. The number of hydrogen-bond acceptors (Lipinski definition) is 4. The van der Waals surface area contributed by atoms with Crippen LogP contribution in [0, 0.1) is 13.8 Å². The third-order valence-corrected chi connectivity index (χ3v) is 4.02. The van der Waals surface area contributed by atoms with Gasteiger partial charge in [-0.15, -0.1) is 0 Å². The van der Waals surface area contributed by atoms with Crippen LogP contribution < -0.4 is 10.1 Å². The van der Waals surface area contributed by atoms with Crippen LogP contribution >= 0.6 is 0 Å². The quantitative estimate of drug-likeness (QED) is 0.757. The molecule has 0 aliphatic heterocycles. The Labute approximate surface area is 153 Å². The Kier molecular flexibility index (Phi) is 5.16. The second kappa shape index (κ2) is 7.52. The molecule has 3 aromatic rings. The molecule has 5 heteroatoms. The molecule has 26 heavy (non-hydrogen) atoms. The van der Waals surface area contributed by atoms with Gasteiger partial charge in [0.25, 0.3) is 5.91 Å². The molecular formula is C21H23N3O2. The van der Waals surface area contributed by atoms with Gasteiger partial charge in [0, 0.05) is 24.2 Å². The van der Waals surface area contributed by atoms with Gasteiger partial charge in [0.15, 0.2) is 0 Å². The van der Waals surface area contributed by atoms with Crippen molar-refractivity contribution in [2.24, 2.45) is 0 Å². The number of carbonyl (C=O) groups excluding carboxylic acids is 1. The predicted molar refractivity (Wildman–Crippen MR) is 102 cm³/mol. The van der Waals surface area contributed by atoms with Crippen molar-refractivity contribution in [3.05, 3.63) is 65.0 Å². The van der Waals surface area contributed by atoms with Gasteiger partial charge in [-0.05, 0) is 51.0 Å². The molecule has 1 amide bonds. The molecule has 0 saturated heterocycles. The minimum atomic E-state index is -0.139. The highest BCUT2D eigenvalue weighted by Crippen LogP contribution is 2.18. The van der Waals surface area contributed by atoms with Crippen LogP contribution in [-0.4, -0.2) is 22.0 Å². The third-order valence-electron chi connectivity index (χ3n) is 4.02. The van der Waals surface area contributed by atoms with Crippen LogP contribution in [0.15, 0.2) is 42.6 Å². The summed E-state index contributed by atoms with van der Waals surface area (Å²) >= 11 is 0. The largest absolute Gasteiger partial charge is 0.475 e. The Hall–Kier alpha value is -2.95. The molecule has 0 fully saturated rings. The van der Waals surface area contributed by atoms with Crippen LogP contribution in [0.25, 0.3) is 10.9 Å². The highest BCUT2D eigenvalue weighted by molar-refractivity contribution is 5.98. The van der Waals surface area contributed by atoms with E-state index in [9.17, 15) is 4.79 Å². The Morgan fingerprint density at radius 3 is 2.65 bits per heavy atom. The van der Waals surface area contributed by atoms with Crippen molar-refractivity contribution in [3.8, 4) is 5.88 Å². The molecule has 0 bridgehead atoms. The van der Waals surface area contributed by atoms with E-state index in [0.29, 0.717) is 18.0 Å². The van der Waals surface area contributed by atoms with Crippen LogP contribution in [0.4, 0.5) is 0 Å². The summed E-state index contributed by atoms with van der Waals surface area (Å²) in [6.07, 6.45) is 1.80. The fraction of sp³-hybridized carbons (Fsp3) is 0.286. The molecular weight excluding hydrogens is 326 g/mol. The second-order valence-electron chi connectivity index (χ2n) is 6.67. The molecule has 1 aromatic carbocycles. The van der Waals surface area contributed by atoms with E-state index in [4.69, 9.17) is 4.74 Å². The van der Waals surface area contributed by atoms with Gasteiger partial charge in [-0.3, -0.25) is 9.78 Å². The summed E-state index contributed by atoms with van der Waals surface area (Å²) in [6.45, 7) is 8.20. The number of nitrogens with one attached hydrogen (secondary N) is 1. The number of aromatic nitrogens is 2. The first-order chi connectivity index (χ1) is 12.4. The number of fused-ring (bicyclic) bond motifs is 1. The zero-order valence-electron chi connectivity index (χ0n) is 15.5. The van der Waals surface area contributed by atoms with E-state index in [1.165, 1.54) is 0 Å². The first kappa shape index (κ1) is 17.9. The summed E-state index contributed by atoms with van der Waals surface area (Å²) in [5.74, 6) is 0.444. The topological polar surface area (TPSA) is 64.1 Å². The minimum Gasteiger partial charge on any atom is -0.475 e. The van der Waals surface area contributed by atoms with E-state index >= 15 is 0 Å². The number of benzene rings is 1. The Bertz CT molecular complexity index is 934. The van der Waals surface area contributed by atoms with Crippen LogP contribution in [-0.2, 0) is 6.54 Å². The second-order valence-corrected chi connectivity index (χ2v) is 6.67. The fourth-order valence-electron chi connectivity index (χ4n) is 2.71. The number of hydrogen-bond donors (Lipinski definition) is 1. The smallest absolute Gasteiger partial charge is 0.253 e. The molecule has 0 aliphatic carbocycles. The number of carbonyl (C=O) groups is 1. The summed E-state index contributed by atoms with van der Waals surface area (Å²) in [4.78, 5) is 21.4.